The highest BCUT2D eigenvalue weighted by Crippen LogP contribution is 2.30. The maximum atomic E-state index is 6.08. The van der Waals surface area contributed by atoms with Crippen molar-refractivity contribution >= 4 is 27.4 Å². The van der Waals surface area contributed by atoms with Gasteiger partial charge in [-0.2, -0.15) is 0 Å². The van der Waals surface area contributed by atoms with Crippen molar-refractivity contribution in [3.8, 4) is 11.5 Å². The molecule has 0 amide bonds. The van der Waals surface area contributed by atoms with Gasteiger partial charge < -0.3 is 10.2 Å². The minimum absolute atomic E-state index is 0.490. The first-order chi connectivity index (χ1) is 10.8. The smallest absolute Gasteiger partial charge is 0.184 e. The van der Waals surface area contributed by atoms with E-state index in [1.165, 1.54) is 17.5 Å². The summed E-state index contributed by atoms with van der Waals surface area (Å²) in [5.41, 5.74) is 6.68. The Morgan fingerprint density at radius 3 is 3.05 bits per heavy atom. The summed E-state index contributed by atoms with van der Waals surface area (Å²) in [5.74, 6) is 0.997. The second kappa shape index (κ2) is 5.51. The Labute approximate surface area is 131 Å². The van der Waals surface area contributed by atoms with Gasteiger partial charge in [0.1, 0.15) is 22.6 Å². The van der Waals surface area contributed by atoms with Crippen LogP contribution in [0.3, 0.4) is 0 Å². The lowest BCUT2D eigenvalue weighted by molar-refractivity contribution is 0.293. The molecule has 0 radical (unpaired) electrons. The topological polar surface area (TPSA) is 81.1 Å². The second-order valence-electron chi connectivity index (χ2n) is 5.23. The predicted octanol–water partition coefficient (Wildman–Crippen LogP) is 2.69. The van der Waals surface area contributed by atoms with Crippen molar-refractivity contribution in [2.45, 2.75) is 13.0 Å². The van der Waals surface area contributed by atoms with E-state index in [0.717, 1.165) is 36.3 Å². The standard InChI is InChI=1S/C15H15N5OS/c16-13-11-6-10(7-20-4-2-1-3-5-20)22-15(11)19-14(18-13)12-8-21-9-17-12/h1-2,6,8-9H,3-5,7H2,(H2,16,18,19). The van der Waals surface area contributed by atoms with Crippen molar-refractivity contribution in [1.29, 1.82) is 0 Å². The molecule has 112 valence electrons. The first kappa shape index (κ1) is 13.4. The molecule has 0 bridgehead atoms. The van der Waals surface area contributed by atoms with Gasteiger partial charge in [0.25, 0.3) is 0 Å². The number of anilines is 1. The van der Waals surface area contributed by atoms with Crippen molar-refractivity contribution in [1.82, 2.24) is 19.9 Å². The van der Waals surface area contributed by atoms with Crippen LogP contribution >= 0.6 is 11.3 Å². The fourth-order valence-electron chi connectivity index (χ4n) is 2.56. The predicted molar refractivity (Wildman–Crippen MR) is 86.4 cm³/mol. The molecule has 1 aliphatic rings. The molecule has 0 spiro atoms. The van der Waals surface area contributed by atoms with Crippen LogP contribution in [-0.4, -0.2) is 32.9 Å². The van der Waals surface area contributed by atoms with Crippen molar-refractivity contribution in [2.24, 2.45) is 0 Å². The summed E-state index contributed by atoms with van der Waals surface area (Å²) >= 11 is 1.66. The largest absolute Gasteiger partial charge is 0.451 e. The summed E-state index contributed by atoms with van der Waals surface area (Å²) in [7, 11) is 0. The van der Waals surface area contributed by atoms with Crippen molar-refractivity contribution in [3.05, 3.63) is 35.8 Å². The minimum atomic E-state index is 0.490. The summed E-state index contributed by atoms with van der Waals surface area (Å²) in [6.45, 7) is 3.01. The Bertz CT molecular complexity index is 824. The number of oxazole rings is 1. The number of aromatic nitrogens is 3. The van der Waals surface area contributed by atoms with Crippen molar-refractivity contribution in [3.63, 3.8) is 0 Å². The van der Waals surface area contributed by atoms with Gasteiger partial charge in [0.05, 0.1) is 5.39 Å². The van der Waals surface area contributed by atoms with Crippen LogP contribution in [0.15, 0.2) is 35.3 Å². The minimum Gasteiger partial charge on any atom is -0.451 e. The van der Waals surface area contributed by atoms with Gasteiger partial charge in [-0.15, -0.1) is 11.3 Å². The lowest BCUT2D eigenvalue weighted by Crippen LogP contribution is -2.26. The van der Waals surface area contributed by atoms with Crippen LogP contribution in [0.5, 0.6) is 0 Å². The van der Waals surface area contributed by atoms with Crippen LogP contribution in [0.1, 0.15) is 11.3 Å². The Morgan fingerprint density at radius 1 is 1.32 bits per heavy atom. The lowest BCUT2D eigenvalue weighted by Gasteiger charge is -2.21. The van der Waals surface area contributed by atoms with E-state index < -0.39 is 0 Å². The van der Waals surface area contributed by atoms with Gasteiger partial charge in [0.15, 0.2) is 12.2 Å². The lowest BCUT2D eigenvalue weighted by atomic mass is 10.2. The van der Waals surface area contributed by atoms with Crippen molar-refractivity contribution < 1.29 is 4.42 Å². The summed E-state index contributed by atoms with van der Waals surface area (Å²) in [6.07, 6.45) is 8.45. The number of thiophene rings is 1. The zero-order valence-electron chi connectivity index (χ0n) is 11.9. The number of fused-ring (bicyclic) bond motifs is 1. The fraction of sp³-hybridized carbons (Fsp3) is 0.267. The van der Waals surface area contributed by atoms with Gasteiger partial charge in [0.2, 0.25) is 0 Å². The average molecular weight is 313 g/mol. The van der Waals surface area contributed by atoms with Gasteiger partial charge in [-0.05, 0) is 12.5 Å². The maximum Gasteiger partial charge on any atom is 0.184 e. The quantitative estimate of drug-likeness (QED) is 0.749. The third-order valence-corrected chi connectivity index (χ3v) is 4.67. The highest BCUT2D eigenvalue weighted by molar-refractivity contribution is 7.18. The fourth-order valence-corrected chi connectivity index (χ4v) is 3.64. The summed E-state index contributed by atoms with van der Waals surface area (Å²) < 4.78 is 4.98. The molecule has 1 aliphatic heterocycles. The summed E-state index contributed by atoms with van der Waals surface area (Å²) in [6, 6.07) is 2.10. The van der Waals surface area contributed by atoms with Gasteiger partial charge in [-0.3, -0.25) is 4.90 Å². The molecule has 0 saturated heterocycles. The molecular formula is C15H15N5OS. The number of nitrogen functional groups attached to an aromatic ring is 1. The highest BCUT2D eigenvalue weighted by Gasteiger charge is 2.14. The molecule has 0 unspecified atom stereocenters. The van der Waals surface area contributed by atoms with Gasteiger partial charge in [-0.1, -0.05) is 12.2 Å². The van der Waals surface area contributed by atoms with E-state index in [2.05, 4.69) is 38.1 Å². The van der Waals surface area contributed by atoms with Crippen LogP contribution < -0.4 is 5.73 Å². The average Bonchev–Trinajstić information content (AvgIpc) is 3.17. The molecule has 0 saturated carbocycles. The molecular weight excluding hydrogens is 298 g/mol. The maximum absolute atomic E-state index is 6.08. The van der Waals surface area contributed by atoms with Gasteiger partial charge in [-0.25, -0.2) is 15.0 Å². The molecule has 4 heterocycles. The highest BCUT2D eigenvalue weighted by atomic mass is 32.1. The molecule has 6 nitrogen and oxygen atoms in total. The SMILES string of the molecule is Nc1nc(-c2cocn2)nc2sc(CN3CC=CCC3)cc12. The number of nitrogens with zero attached hydrogens (tertiary/aromatic N) is 4. The van der Waals surface area contributed by atoms with E-state index in [1.807, 2.05) is 0 Å². The first-order valence-electron chi connectivity index (χ1n) is 7.11. The zero-order chi connectivity index (χ0) is 14.9. The van der Waals surface area contributed by atoms with E-state index in [-0.39, 0.29) is 0 Å². The van der Waals surface area contributed by atoms with Crippen molar-refractivity contribution in [2.75, 3.05) is 18.8 Å². The van der Waals surface area contributed by atoms with E-state index in [0.29, 0.717) is 17.3 Å². The number of nitrogens with two attached hydrogens (primary N) is 1. The second-order valence-corrected chi connectivity index (χ2v) is 6.35. The number of rotatable bonds is 3. The van der Waals surface area contributed by atoms with E-state index >= 15 is 0 Å². The Hall–Kier alpha value is -2.25. The normalized spacial score (nSPS) is 15.6. The molecule has 0 fully saturated rings. The Kier molecular flexibility index (Phi) is 3.36. The van der Waals surface area contributed by atoms with Crippen LogP contribution in [0.2, 0.25) is 0 Å². The molecule has 7 heteroatoms. The Balaban J connectivity index is 1.68. The van der Waals surface area contributed by atoms with Gasteiger partial charge >= 0.3 is 0 Å². The third kappa shape index (κ3) is 2.49. The van der Waals surface area contributed by atoms with Gasteiger partial charge in [0, 0.05) is 24.5 Å². The van der Waals surface area contributed by atoms with Crippen LogP contribution in [0, 0.1) is 0 Å². The summed E-state index contributed by atoms with van der Waals surface area (Å²) in [5, 5.41) is 0.916. The molecule has 22 heavy (non-hydrogen) atoms. The third-order valence-electron chi connectivity index (χ3n) is 3.66. The summed E-state index contributed by atoms with van der Waals surface area (Å²) in [4.78, 5) is 17.5. The van der Waals surface area contributed by atoms with Crippen LogP contribution in [0.25, 0.3) is 21.7 Å². The van der Waals surface area contributed by atoms with Crippen LogP contribution in [0.4, 0.5) is 5.82 Å². The first-order valence-corrected chi connectivity index (χ1v) is 7.93. The van der Waals surface area contributed by atoms with E-state index in [1.54, 1.807) is 11.3 Å². The number of hydrogen-bond donors (Lipinski definition) is 1. The monoisotopic (exact) mass is 313 g/mol. The Morgan fingerprint density at radius 2 is 2.27 bits per heavy atom. The molecule has 3 aromatic rings. The molecule has 3 aromatic heterocycles. The molecule has 0 atom stereocenters. The molecule has 0 aromatic carbocycles. The number of hydrogen-bond acceptors (Lipinski definition) is 7. The van der Waals surface area contributed by atoms with E-state index in [9.17, 15) is 0 Å². The van der Waals surface area contributed by atoms with Crippen LogP contribution in [-0.2, 0) is 6.54 Å². The molecule has 2 N–H and O–H groups in total. The molecule has 4 rings (SSSR count). The van der Waals surface area contributed by atoms with E-state index in [4.69, 9.17) is 10.2 Å². The zero-order valence-corrected chi connectivity index (χ0v) is 12.7. The molecule has 0 aliphatic carbocycles.